The molecule has 3 heterocycles. The number of imidazole rings is 1. The molecule has 1 N–H and O–H groups in total. The van der Waals surface area contributed by atoms with Gasteiger partial charge in [-0.25, -0.2) is 4.98 Å². The number of amides is 1. The number of piperidine rings is 1. The van der Waals surface area contributed by atoms with Crippen LogP contribution in [0.25, 0.3) is 0 Å². The molecular weight excluding hydrogens is 306 g/mol. The third-order valence-corrected chi connectivity index (χ3v) is 4.82. The van der Waals surface area contributed by atoms with Crippen molar-refractivity contribution < 1.29 is 9.90 Å². The van der Waals surface area contributed by atoms with Crippen molar-refractivity contribution in [3.8, 4) is 0 Å². The molecule has 1 aliphatic heterocycles. The fraction of sp³-hybridized carbons (Fsp3) is 0.588. The molecule has 0 saturated carbocycles. The highest BCUT2D eigenvalue weighted by Gasteiger charge is 2.31. The number of aryl methyl sites for hydroxylation is 3. The van der Waals surface area contributed by atoms with Crippen LogP contribution in [0, 0.1) is 12.8 Å². The number of rotatable bonds is 4. The van der Waals surface area contributed by atoms with Gasteiger partial charge in [-0.15, -0.1) is 0 Å². The Balaban J connectivity index is 1.64. The lowest BCUT2D eigenvalue weighted by atomic mass is 9.90. The molecule has 0 radical (unpaired) electrons. The lowest BCUT2D eigenvalue weighted by molar-refractivity contribution is 0.0413. The predicted octanol–water partition coefficient (Wildman–Crippen LogP) is 1.53. The van der Waals surface area contributed by atoms with Gasteiger partial charge < -0.3 is 14.6 Å². The van der Waals surface area contributed by atoms with E-state index in [1.54, 1.807) is 10.9 Å². The van der Waals surface area contributed by atoms with Gasteiger partial charge in [0, 0.05) is 39.1 Å². The number of nitrogens with zero attached hydrogens (tertiary/aromatic N) is 5. The maximum absolute atomic E-state index is 12.7. The SMILES string of the molecule is CCn1nc(C)cc1C(=O)N1CCC([C@H](O)c2nccn2C)CC1. The number of carbonyl (C=O) groups excluding carboxylic acids is 1. The van der Waals surface area contributed by atoms with Crippen molar-refractivity contribution in [3.05, 3.63) is 35.7 Å². The molecule has 1 amide bonds. The van der Waals surface area contributed by atoms with Crippen LogP contribution in [0.1, 0.15) is 47.9 Å². The van der Waals surface area contributed by atoms with Crippen LogP contribution in [0.4, 0.5) is 0 Å². The van der Waals surface area contributed by atoms with Crippen LogP contribution in [0.3, 0.4) is 0 Å². The first-order valence-electron chi connectivity index (χ1n) is 8.50. The minimum atomic E-state index is -0.578. The van der Waals surface area contributed by atoms with Gasteiger partial charge in [0.05, 0.1) is 5.69 Å². The van der Waals surface area contributed by atoms with E-state index in [0.29, 0.717) is 31.2 Å². The molecule has 130 valence electrons. The zero-order chi connectivity index (χ0) is 17.3. The Morgan fingerprint density at radius 1 is 1.42 bits per heavy atom. The maximum atomic E-state index is 12.7. The van der Waals surface area contributed by atoms with Gasteiger partial charge in [-0.1, -0.05) is 0 Å². The monoisotopic (exact) mass is 331 g/mol. The van der Waals surface area contributed by atoms with Crippen molar-refractivity contribution in [2.75, 3.05) is 13.1 Å². The molecule has 2 aromatic heterocycles. The van der Waals surface area contributed by atoms with Crippen LogP contribution < -0.4 is 0 Å². The van der Waals surface area contributed by atoms with E-state index in [-0.39, 0.29) is 11.8 Å². The maximum Gasteiger partial charge on any atom is 0.272 e. The van der Waals surface area contributed by atoms with Crippen LogP contribution in [0.2, 0.25) is 0 Å². The summed E-state index contributed by atoms with van der Waals surface area (Å²) in [5, 5.41) is 14.9. The van der Waals surface area contributed by atoms with Crippen molar-refractivity contribution in [1.82, 2.24) is 24.2 Å². The van der Waals surface area contributed by atoms with Gasteiger partial charge in [-0.05, 0) is 38.7 Å². The highest BCUT2D eigenvalue weighted by molar-refractivity contribution is 5.92. The fourth-order valence-corrected chi connectivity index (χ4v) is 3.41. The highest BCUT2D eigenvalue weighted by atomic mass is 16.3. The van der Waals surface area contributed by atoms with Crippen LogP contribution >= 0.6 is 0 Å². The van der Waals surface area contributed by atoms with Gasteiger partial charge in [-0.3, -0.25) is 9.48 Å². The first-order valence-corrected chi connectivity index (χ1v) is 8.50. The summed E-state index contributed by atoms with van der Waals surface area (Å²) in [7, 11) is 1.89. The van der Waals surface area contributed by atoms with E-state index < -0.39 is 6.10 Å². The second-order valence-electron chi connectivity index (χ2n) is 6.46. The van der Waals surface area contributed by atoms with Crippen LogP contribution in [-0.4, -0.2) is 48.3 Å². The fourth-order valence-electron chi connectivity index (χ4n) is 3.41. The molecule has 3 rings (SSSR count). The Morgan fingerprint density at radius 3 is 2.71 bits per heavy atom. The standard InChI is InChI=1S/C17H25N5O2/c1-4-22-14(11-12(2)19-22)17(24)21-8-5-13(6-9-21)15(23)16-18-7-10-20(16)3/h7,10-11,13,15,23H,4-6,8-9H2,1-3H3/t15-/m0/s1. The highest BCUT2D eigenvalue weighted by Crippen LogP contribution is 2.30. The predicted molar refractivity (Wildman–Crippen MR) is 89.4 cm³/mol. The van der Waals surface area contributed by atoms with E-state index >= 15 is 0 Å². The zero-order valence-corrected chi connectivity index (χ0v) is 14.5. The van der Waals surface area contributed by atoms with Crippen LogP contribution in [0.15, 0.2) is 18.5 Å². The summed E-state index contributed by atoms with van der Waals surface area (Å²) in [6.07, 6.45) is 4.51. The van der Waals surface area contributed by atoms with Gasteiger partial charge in [0.25, 0.3) is 5.91 Å². The molecule has 1 atom stereocenters. The number of aliphatic hydroxyl groups excluding tert-OH is 1. The summed E-state index contributed by atoms with van der Waals surface area (Å²) in [5.74, 6) is 0.856. The van der Waals surface area contributed by atoms with Gasteiger partial charge in [0.2, 0.25) is 0 Å². The average molecular weight is 331 g/mol. The Labute approximate surface area is 141 Å². The summed E-state index contributed by atoms with van der Waals surface area (Å²) in [5.41, 5.74) is 1.51. The van der Waals surface area contributed by atoms with Crippen molar-refractivity contribution in [2.24, 2.45) is 13.0 Å². The van der Waals surface area contributed by atoms with Crippen molar-refractivity contribution in [2.45, 2.75) is 39.3 Å². The molecule has 0 aliphatic carbocycles. The molecule has 2 aromatic rings. The summed E-state index contributed by atoms with van der Waals surface area (Å²) in [6, 6.07) is 1.85. The average Bonchev–Trinajstić information content (AvgIpc) is 3.19. The van der Waals surface area contributed by atoms with Crippen LogP contribution in [0.5, 0.6) is 0 Å². The summed E-state index contributed by atoms with van der Waals surface area (Å²) in [6.45, 7) is 5.87. The number of aliphatic hydroxyl groups is 1. The third kappa shape index (κ3) is 3.08. The normalized spacial score (nSPS) is 17.2. The molecule has 1 saturated heterocycles. The Hall–Kier alpha value is -2.15. The van der Waals surface area contributed by atoms with Crippen LogP contribution in [-0.2, 0) is 13.6 Å². The number of likely N-dealkylation sites (tertiary alicyclic amines) is 1. The Morgan fingerprint density at radius 2 is 2.12 bits per heavy atom. The van der Waals surface area contributed by atoms with E-state index in [4.69, 9.17) is 0 Å². The quantitative estimate of drug-likeness (QED) is 0.922. The molecule has 0 bridgehead atoms. The first kappa shape index (κ1) is 16.7. The van der Waals surface area contributed by atoms with Gasteiger partial charge >= 0.3 is 0 Å². The Kier molecular flexibility index (Phi) is 4.71. The van der Waals surface area contributed by atoms with Gasteiger partial charge in [-0.2, -0.15) is 5.10 Å². The van der Waals surface area contributed by atoms with E-state index in [1.165, 1.54) is 0 Å². The Bertz CT molecular complexity index is 712. The van der Waals surface area contributed by atoms with Crippen molar-refractivity contribution >= 4 is 5.91 Å². The molecule has 0 spiro atoms. The van der Waals surface area contributed by atoms with E-state index in [2.05, 4.69) is 10.1 Å². The van der Waals surface area contributed by atoms with Gasteiger partial charge in [0.15, 0.2) is 0 Å². The molecule has 1 aliphatic rings. The third-order valence-electron chi connectivity index (χ3n) is 4.82. The van der Waals surface area contributed by atoms with Gasteiger partial charge in [0.1, 0.15) is 17.6 Å². The molecule has 1 fully saturated rings. The summed E-state index contributed by atoms with van der Waals surface area (Å²) < 4.78 is 3.61. The lowest BCUT2D eigenvalue weighted by Crippen LogP contribution is -2.40. The topological polar surface area (TPSA) is 76.2 Å². The molecular formula is C17H25N5O2. The largest absolute Gasteiger partial charge is 0.385 e. The second-order valence-corrected chi connectivity index (χ2v) is 6.46. The number of hydrogen-bond donors (Lipinski definition) is 1. The minimum absolute atomic E-state index is 0.0300. The van der Waals surface area contributed by atoms with Crippen molar-refractivity contribution in [3.63, 3.8) is 0 Å². The summed E-state index contributed by atoms with van der Waals surface area (Å²) >= 11 is 0. The molecule has 0 aromatic carbocycles. The number of aromatic nitrogens is 4. The summed E-state index contributed by atoms with van der Waals surface area (Å²) in [4.78, 5) is 18.8. The van der Waals surface area contributed by atoms with E-state index in [9.17, 15) is 9.90 Å². The van der Waals surface area contributed by atoms with E-state index in [1.807, 2.05) is 42.6 Å². The molecule has 24 heavy (non-hydrogen) atoms. The first-order chi connectivity index (χ1) is 11.5. The molecule has 0 unspecified atom stereocenters. The minimum Gasteiger partial charge on any atom is -0.385 e. The van der Waals surface area contributed by atoms with Crippen molar-refractivity contribution in [1.29, 1.82) is 0 Å². The lowest BCUT2D eigenvalue weighted by Gasteiger charge is -2.34. The van der Waals surface area contributed by atoms with E-state index in [0.717, 1.165) is 18.5 Å². The smallest absolute Gasteiger partial charge is 0.272 e. The number of hydrogen-bond acceptors (Lipinski definition) is 4. The molecule has 7 heteroatoms. The zero-order valence-electron chi connectivity index (χ0n) is 14.5. The molecule has 7 nitrogen and oxygen atoms in total. The number of carbonyl (C=O) groups is 1. The second kappa shape index (κ2) is 6.76.